The maximum absolute atomic E-state index is 11.6. The number of nitrogens with zero attached hydrogens (tertiary/aromatic N) is 2. The van der Waals surface area contributed by atoms with Crippen molar-refractivity contribution in [1.82, 2.24) is 4.98 Å². The van der Waals surface area contributed by atoms with E-state index in [1.165, 1.54) is 4.90 Å². The van der Waals surface area contributed by atoms with Gasteiger partial charge in [-0.2, -0.15) is 0 Å². The van der Waals surface area contributed by atoms with Gasteiger partial charge in [0, 0.05) is 17.2 Å². The second-order valence-electron chi connectivity index (χ2n) is 7.55. The second-order valence-corrected chi connectivity index (χ2v) is 13.2. The molecule has 0 radical (unpaired) electrons. The van der Waals surface area contributed by atoms with Crippen LogP contribution >= 0.6 is 15.9 Å². The Morgan fingerprint density at radius 2 is 2.09 bits per heavy atom. The van der Waals surface area contributed by atoms with Crippen molar-refractivity contribution >= 4 is 36.0 Å². The maximum atomic E-state index is 11.6. The highest BCUT2D eigenvalue weighted by atomic mass is 79.9. The number of carbonyl (C=O) groups is 1. The van der Waals surface area contributed by atoms with Gasteiger partial charge in [0.05, 0.1) is 17.5 Å². The number of aromatic nitrogens is 1. The molecule has 0 saturated carbocycles. The average Bonchev–Trinajstić information content (AvgIpc) is 2.41. The Bertz CT molecular complexity index is 628. The summed E-state index contributed by atoms with van der Waals surface area (Å²) in [7, 11) is -1.96. The van der Waals surface area contributed by atoms with E-state index in [1.807, 2.05) is 6.92 Å². The van der Waals surface area contributed by atoms with E-state index in [2.05, 4.69) is 54.8 Å². The highest BCUT2D eigenvalue weighted by Gasteiger charge is 2.42. The molecular formula is C16H25BrN2O3Si. The largest absolute Gasteiger partial charge is 0.465 e. The van der Waals surface area contributed by atoms with Crippen molar-refractivity contribution in [2.75, 3.05) is 11.4 Å². The summed E-state index contributed by atoms with van der Waals surface area (Å²) in [5.41, 5.74) is 2.30. The molecular weight excluding hydrogens is 376 g/mol. The fraction of sp³-hybridized carbons (Fsp3) is 0.625. The lowest BCUT2D eigenvalue weighted by atomic mass is 10.0. The molecule has 2 heterocycles. The minimum Gasteiger partial charge on any atom is -0.465 e. The van der Waals surface area contributed by atoms with Gasteiger partial charge in [0.2, 0.25) is 0 Å². The van der Waals surface area contributed by atoms with E-state index < -0.39 is 14.4 Å². The fourth-order valence-corrected chi connectivity index (χ4v) is 4.08. The molecule has 1 aliphatic heterocycles. The topological polar surface area (TPSA) is 62.7 Å². The molecule has 0 saturated heterocycles. The average molecular weight is 401 g/mol. The van der Waals surface area contributed by atoms with Gasteiger partial charge < -0.3 is 9.53 Å². The highest BCUT2D eigenvalue weighted by Crippen LogP contribution is 2.44. The van der Waals surface area contributed by atoms with E-state index in [4.69, 9.17) is 4.43 Å². The summed E-state index contributed by atoms with van der Waals surface area (Å²) in [5, 5.41) is 9.60. The molecule has 1 aliphatic rings. The molecule has 1 N–H and O–H groups in total. The van der Waals surface area contributed by atoms with Crippen LogP contribution < -0.4 is 4.90 Å². The first-order valence-electron chi connectivity index (χ1n) is 7.79. The highest BCUT2D eigenvalue weighted by molar-refractivity contribution is 9.10. The van der Waals surface area contributed by atoms with Crippen molar-refractivity contribution < 1.29 is 14.3 Å². The monoisotopic (exact) mass is 400 g/mol. The van der Waals surface area contributed by atoms with Crippen molar-refractivity contribution in [2.24, 2.45) is 0 Å². The zero-order valence-electron chi connectivity index (χ0n) is 14.6. The van der Waals surface area contributed by atoms with Crippen LogP contribution in [0.3, 0.4) is 0 Å². The van der Waals surface area contributed by atoms with Crippen molar-refractivity contribution in [1.29, 1.82) is 0 Å². The summed E-state index contributed by atoms with van der Waals surface area (Å²) in [6.07, 6.45) is 1.29. The SMILES string of the molecule is Cc1c(Br)cnc2c1N(C(=O)O)CCC2O[Si](C)(C)C(C)(C)C. The summed E-state index contributed by atoms with van der Waals surface area (Å²) in [5.74, 6) is 0. The summed E-state index contributed by atoms with van der Waals surface area (Å²) in [6.45, 7) is 13.4. The van der Waals surface area contributed by atoms with Crippen molar-refractivity contribution in [2.45, 2.75) is 58.4 Å². The zero-order valence-corrected chi connectivity index (χ0v) is 17.2. The smallest absolute Gasteiger partial charge is 0.411 e. The summed E-state index contributed by atoms with van der Waals surface area (Å²) < 4.78 is 7.35. The quantitative estimate of drug-likeness (QED) is 0.700. The zero-order chi connectivity index (χ0) is 17.6. The lowest BCUT2D eigenvalue weighted by Gasteiger charge is -2.42. The predicted molar refractivity (Wildman–Crippen MR) is 97.7 cm³/mol. The molecule has 1 aromatic heterocycles. The van der Waals surface area contributed by atoms with Gasteiger partial charge in [-0.1, -0.05) is 20.8 Å². The summed E-state index contributed by atoms with van der Waals surface area (Å²) in [4.78, 5) is 17.5. The number of fused-ring (bicyclic) bond motifs is 1. The van der Waals surface area contributed by atoms with Crippen LogP contribution in [0.15, 0.2) is 10.7 Å². The molecule has 2 rings (SSSR count). The third-order valence-electron chi connectivity index (χ3n) is 4.94. The van der Waals surface area contributed by atoms with Crippen LogP contribution in [0, 0.1) is 6.92 Å². The van der Waals surface area contributed by atoms with Gasteiger partial charge in [0.25, 0.3) is 0 Å². The molecule has 128 valence electrons. The molecule has 1 atom stereocenters. The van der Waals surface area contributed by atoms with E-state index in [0.29, 0.717) is 18.7 Å². The Labute approximate surface area is 147 Å². The Morgan fingerprint density at radius 3 is 2.61 bits per heavy atom. The second kappa shape index (κ2) is 6.18. The summed E-state index contributed by atoms with van der Waals surface area (Å²) in [6, 6.07) is 0. The first-order chi connectivity index (χ1) is 10.5. The first-order valence-corrected chi connectivity index (χ1v) is 11.5. The summed E-state index contributed by atoms with van der Waals surface area (Å²) >= 11 is 3.45. The molecule has 1 amide bonds. The van der Waals surface area contributed by atoms with Gasteiger partial charge in [0.15, 0.2) is 8.32 Å². The number of hydrogen-bond acceptors (Lipinski definition) is 3. The van der Waals surface area contributed by atoms with E-state index in [-0.39, 0.29) is 11.1 Å². The van der Waals surface area contributed by atoms with Crippen LogP contribution in [-0.4, -0.2) is 31.0 Å². The number of carboxylic acid groups (broad SMARTS) is 1. The maximum Gasteiger partial charge on any atom is 0.411 e. The van der Waals surface area contributed by atoms with Gasteiger partial charge in [-0.15, -0.1) is 0 Å². The molecule has 1 unspecified atom stereocenters. The van der Waals surface area contributed by atoms with E-state index in [1.54, 1.807) is 6.20 Å². The van der Waals surface area contributed by atoms with Crippen LogP contribution in [0.25, 0.3) is 0 Å². The van der Waals surface area contributed by atoms with Gasteiger partial charge in [-0.3, -0.25) is 9.88 Å². The van der Waals surface area contributed by atoms with E-state index >= 15 is 0 Å². The molecule has 5 nitrogen and oxygen atoms in total. The van der Waals surface area contributed by atoms with Crippen LogP contribution in [0.5, 0.6) is 0 Å². The minimum absolute atomic E-state index is 0.0987. The van der Waals surface area contributed by atoms with E-state index in [9.17, 15) is 9.90 Å². The number of anilines is 1. The van der Waals surface area contributed by atoms with Gasteiger partial charge >= 0.3 is 6.09 Å². The lowest BCUT2D eigenvalue weighted by molar-refractivity contribution is 0.161. The minimum atomic E-state index is -1.96. The first kappa shape index (κ1) is 18.4. The van der Waals surface area contributed by atoms with Crippen LogP contribution in [0.2, 0.25) is 18.1 Å². The van der Waals surface area contributed by atoms with Gasteiger partial charge in [0.1, 0.15) is 0 Å². The number of pyridine rings is 1. The van der Waals surface area contributed by atoms with Crippen molar-refractivity contribution in [3.63, 3.8) is 0 Å². The molecule has 0 aliphatic carbocycles. The van der Waals surface area contributed by atoms with Crippen LogP contribution in [0.4, 0.5) is 10.5 Å². The molecule has 23 heavy (non-hydrogen) atoms. The third kappa shape index (κ3) is 3.46. The van der Waals surface area contributed by atoms with Crippen molar-refractivity contribution in [3.8, 4) is 0 Å². The van der Waals surface area contributed by atoms with E-state index in [0.717, 1.165) is 15.7 Å². The lowest BCUT2D eigenvalue weighted by Crippen LogP contribution is -2.45. The molecule has 0 spiro atoms. The number of amides is 1. The Morgan fingerprint density at radius 1 is 1.48 bits per heavy atom. The van der Waals surface area contributed by atoms with Crippen molar-refractivity contribution in [3.05, 3.63) is 21.9 Å². The van der Waals surface area contributed by atoms with Crippen LogP contribution in [0.1, 0.15) is 44.6 Å². The Hall–Kier alpha value is -0.923. The van der Waals surface area contributed by atoms with Gasteiger partial charge in [-0.25, -0.2) is 4.79 Å². The Kier molecular flexibility index (Phi) is 4.95. The molecule has 0 bridgehead atoms. The standard InChI is InChI=1S/C16H25BrN2O3Si/c1-10-11(17)9-18-13-12(22-23(5,6)16(2,3)4)7-8-19(14(10)13)15(20)21/h9,12H,7-8H2,1-6H3,(H,20,21). The predicted octanol–water partition coefficient (Wildman–Crippen LogP) is 5.10. The fourth-order valence-electron chi connectivity index (χ4n) is 2.50. The Balaban J connectivity index is 2.46. The third-order valence-corrected chi connectivity index (χ3v) is 10.2. The molecule has 0 aromatic carbocycles. The van der Waals surface area contributed by atoms with Gasteiger partial charge in [-0.05, 0) is 53.0 Å². The number of hydrogen-bond donors (Lipinski definition) is 1. The molecule has 7 heteroatoms. The molecule has 0 fully saturated rings. The normalized spacial score (nSPS) is 18.7. The van der Waals surface area contributed by atoms with Crippen LogP contribution in [-0.2, 0) is 4.43 Å². The number of rotatable bonds is 2. The number of halogens is 1. The molecule has 1 aromatic rings.